The van der Waals surface area contributed by atoms with Gasteiger partial charge in [-0.15, -0.1) is 0 Å². The highest BCUT2D eigenvalue weighted by Gasteiger charge is 2.41. The Morgan fingerprint density at radius 2 is 1.45 bits per heavy atom. The van der Waals surface area contributed by atoms with Gasteiger partial charge in [0.25, 0.3) is 5.91 Å². The number of rotatable bonds is 8. The number of carbonyl (C=O) groups excluding carboxylic acids is 3. The average molecular weight is 799 g/mol. The van der Waals surface area contributed by atoms with E-state index in [0.717, 1.165) is 81.7 Å². The highest BCUT2D eigenvalue weighted by Crippen LogP contribution is 2.39. The fourth-order valence-corrected chi connectivity index (χ4v) is 9.42. The van der Waals surface area contributed by atoms with Gasteiger partial charge in [-0.25, -0.2) is 0 Å². The van der Waals surface area contributed by atoms with Crippen LogP contribution in [0.15, 0.2) is 54.6 Å². The molecule has 3 aromatic carbocycles. The van der Waals surface area contributed by atoms with Crippen LogP contribution in [-0.4, -0.2) is 112 Å². The van der Waals surface area contributed by atoms with E-state index in [0.29, 0.717) is 55.5 Å². The van der Waals surface area contributed by atoms with Gasteiger partial charge in [0.05, 0.1) is 29.9 Å². The SMILES string of the molecule is COc1cc(N2CCN(CC3CCN(c4ccc(N5CCN(c6ccc(C#N)c(C(F)(F)F)c6)[C@@H](C)C5)cc4)CC3)CC2)cc2c1C(=O)N(C1CCC(=O)NC1=O)C2. The van der Waals surface area contributed by atoms with Crippen molar-refractivity contribution < 1.29 is 32.3 Å². The lowest BCUT2D eigenvalue weighted by molar-refractivity contribution is -0.138. The van der Waals surface area contributed by atoms with E-state index < -0.39 is 23.7 Å². The van der Waals surface area contributed by atoms with Crippen LogP contribution in [0, 0.1) is 17.2 Å². The molecule has 3 aromatic rings. The predicted octanol–water partition coefficient (Wildman–Crippen LogP) is 5.10. The van der Waals surface area contributed by atoms with Gasteiger partial charge < -0.3 is 29.2 Å². The van der Waals surface area contributed by atoms with E-state index in [9.17, 15) is 32.8 Å². The Bertz CT molecular complexity index is 2090. The molecule has 8 rings (SSSR count). The summed E-state index contributed by atoms with van der Waals surface area (Å²) in [6, 6.07) is 17.6. The van der Waals surface area contributed by atoms with Crippen molar-refractivity contribution in [2.24, 2.45) is 5.92 Å². The molecule has 3 amide bonds. The number of nitrogens with one attached hydrogen (secondary N) is 1. The highest BCUT2D eigenvalue weighted by atomic mass is 19.4. The third-order valence-electron chi connectivity index (χ3n) is 12.6. The molecule has 1 N–H and O–H groups in total. The molecule has 58 heavy (non-hydrogen) atoms. The van der Waals surface area contributed by atoms with Crippen molar-refractivity contribution in [3.63, 3.8) is 0 Å². The van der Waals surface area contributed by atoms with Gasteiger partial charge in [0.1, 0.15) is 11.8 Å². The summed E-state index contributed by atoms with van der Waals surface area (Å²) >= 11 is 0. The number of methoxy groups -OCH3 is 1. The first-order chi connectivity index (χ1) is 27.9. The van der Waals surface area contributed by atoms with E-state index in [-0.39, 0.29) is 29.8 Å². The number of piperazine rings is 2. The number of nitrogens with zero attached hydrogens (tertiary/aromatic N) is 7. The van der Waals surface area contributed by atoms with Crippen molar-refractivity contribution >= 4 is 40.5 Å². The zero-order chi connectivity index (χ0) is 40.7. The maximum atomic E-state index is 13.6. The normalized spacial score (nSPS) is 22.3. The van der Waals surface area contributed by atoms with Crippen LogP contribution in [0.3, 0.4) is 0 Å². The number of nitriles is 1. The number of hydrogen-bond donors (Lipinski definition) is 1. The monoisotopic (exact) mass is 798 g/mol. The summed E-state index contributed by atoms with van der Waals surface area (Å²) in [4.78, 5) is 50.9. The molecule has 5 aliphatic rings. The second kappa shape index (κ2) is 16.0. The lowest BCUT2D eigenvalue weighted by Crippen LogP contribution is -2.52. The quantitative estimate of drug-likeness (QED) is 0.309. The maximum absolute atomic E-state index is 13.6. The summed E-state index contributed by atoms with van der Waals surface area (Å²) in [5, 5.41) is 11.5. The van der Waals surface area contributed by atoms with Crippen molar-refractivity contribution in [1.82, 2.24) is 15.1 Å². The van der Waals surface area contributed by atoms with Crippen molar-refractivity contribution in [1.29, 1.82) is 5.26 Å². The second-order valence-corrected chi connectivity index (χ2v) is 16.1. The van der Waals surface area contributed by atoms with Crippen LogP contribution in [0.4, 0.5) is 35.9 Å². The van der Waals surface area contributed by atoms with Crippen LogP contribution in [-0.2, 0) is 22.3 Å². The zero-order valence-electron chi connectivity index (χ0n) is 32.9. The van der Waals surface area contributed by atoms with Gasteiger partial charge in [0.15, 0.2) is 0 Å². The van der Waals surface area contributed by atoms with Crippen molar-refractivity contribution in [2.45, 2.75) is 57.4 Å². The summed E-state index contributed by atoms with van der Waals surface area (Å²) in [7, 11) is 1.56. The Morgan fingerprint density at radius 1 is 0.793 bits per heavy atom. The average Bonchev–Trinajstić information content (AvgIpc) is 3.56. The molecule has 4 saturated heterocycles. The van der Waals surface area contributed by atoms with Crippen LogP contribution < -0.4 is 29.7 Å². The molecule has 5 heterocycles. The summed E-state index contributed by atoms with van der Waals surface area (Å²) < 4.78 is 46.5. The van der Waals surface area contributed by atoms with Crippen molar-refractivity contribution in [3.05, 3.63) is 76.9 Å². The Kier molecular flexibility index (Phi) is 10.9. The molecule has 12 nitrogen and oxygen atoms in total. The summed E-state index contributed by atoms with van der Waals surface area (Å²) in [6.45, 7) is 10.9. The number of anilines is 4. The number of halogens is 3. The number of fused-ring (bicyclic) bond motifs is 1. The van der Waals surface area contributed by atoms with Gasteiger partial charge in [-0.05, 0) is 86.2 Å². The third-order valence-corrected chi connectivity index (χ3v) is 12.6. The summed E-state index contributed by atoms with van der Waals surface area (Å²) in [6.07, 6.45) is -1.81. The molecule has 1 unspecified atom stereocenters. The number of hydrogen-bond acceptors (Lipinski definition) is 10. The fraction of sp³-hybridized carbons (Fsp3) is 0.488. The summed E-state index contributed by atoms with van der Waals surface area (Å²) in [5.41, 5.74) is 3.88. The van der Waals surface area contributed by atoms with E-state index in [1.807, 2.05) is 17.9 Å². The van der Waals surface area contributed by atoms with Gasteiger partial charge in [0.2, 0.25) is 11.8 Å². The number of piperidine rings is 2. The van der Waals surface area contributed by atoms with E-state index in [2.05, 4.69) is 55.2 Å². The van der Waals surface area contributed by atoms with Gasteiger partial charge in [-0.3, -0.25) is 24.6 Å². The zero-order valence-corrected chi connectivity index (χ0v) is 32.9. The predicted molar refractivity (Wildman–Crippen MR) is 214 cm³/mol. The van der Waals surface area contributed by atoms with Crippen molar-refractivity contribution in [2.75, 3.05) is 92.2 Å². The Hall–Kier alpha value is -5.49. The molecule has 306 valence electrons. The Morgan fingerprint density at radius 3 is 2.09 bits per heavy atom. The second-order valence-electron chi connectivity index (χ2n) is 16.1. The molecule has 0 bridgehead atoms. The van der Waals surface area contributed by atoms with Gasteiger partial charge in [-0.1, -0.05) is 0 Å². The highest BCUT2D eigenvalue weighted by molar-refractivity contribution is 6.06. The minimum atomic E-state index is -4.58. The lowest BCUT2D eigenvalue weighted by atomic mass is 9.95. The molecule has 0 radical (unpaired) electrons. The Labute approximate surface area is 336 Å². The molecule has 2 atom stereocenters. The first-order valence-electron chi connectivity index (χ1n) is 20.2. The molecule has 4 fully saturated rings. The third kappa shape index (κ3) is 7.86. The molecule has 0 spiro atoms. The van der Waals surface area contributed by atoms with E-state index in [4.69, 9.17) is 4.74 Å². The molecular formula is C43H49F3N8O4. The number of benzene rings is 3. The number of alkyl halides is 3. The smallest absolute Gasteiger partial charge is 0.417 e. The fourth-order valence-electron chi connectivity index (χ4n) is 9.42. The van der Waals surface area contributed by atoms with E-state index >= 15 is 0 Å². The van der Waals surface area contributed by atoms with Crippen LogP contribution in [0.5, 0.6) is 5.75 Å². The molecule has 0 saturated carbocycles. The summed E-state index contributed by atoms with van der Waals surface area (Å²) in [5.74, 6) is 0.165. The molecule has 15 heteroatoms. The van der Waals surface area contributed by atoms with Crippen LogP contribution in [0.2, 0.25) is 0 Å². The molecule has 0 aliphatic carbocycles. The minimum absolute atomic E-state index is 0.0149. The van der Waals surface area contributed by atoms with Gasteiger partial charge in [0, 0.05) is 113 Å². The van der Waals surface area contributed by atoms with E-state index in [1.165, 1.54) is 11.8 Å². The van der Waals surface area contributed by atoms with Crippen molar-refractivity contribution in [3.8, 4) is 11.8 Å². The first-order valence-corrected chi connectivity index (χ1v) is 20.2. The largest absolute Gasteiger partial charge is 0.496 e. The first kappa shape index (κ1) is 39.3. The maximum Gasteiger partial charge on any atom is 0.417 e. The van der Waals surface area contributed by atoms with Gasteiger partial charge >= 0.3 is 6.18 Å². The lowest BCUT2D eigenvalue weighted by Gasteiger charge is -2.42. The minimum Gasteiger partial charge on any atom is -0.496 e. The van der Waals surface area contributed by atoms with E-state index in [1.54, 1.807) is 24.1 Å². The topological polar surface area (TPSA) is 116 Å². The van der Waals surface area contributed by atoms with Gasteiger partial charge in [-0.2, -0.15) is 18.4 Å². The standard InChI is InChI=1S/C43H49F3N8O4/c1-28-25-52(19-20-53(28)34-4-3-30(24-47)36(22-34)43(44,45)46)33-7-5-32(6-8-33)50-13-11-29(12-14-50)26-49-15-17-51(18-16-49)35-21-31-27-54(37-9-10-39(55)48-41(37)56)42(57)40(31)38(23-35)58-2/h3-8,21-23,28-29,37H,9-20,25-27H2,1-2H3,(H,48,55,56)/t28-,37?/m0/s1. The number of imide groups is 1. The van der Waals surface area contributed by atoms with Crippen LogP contribution >= 0.6 is 0 Å². The Balaban J connectivity index is 0.801. The number of carbonyl (C=O) groups is 3. The molecular weight excluding hydrogens is 750 g/mol. The molecule has 5 aliphatic heterocycles. The number of ether oxygens (including phenoxy) is 1. The van der Waals surface area contributed by atoms with Crippen LogP contribution in [0.1, 0.15) is 59.7 Å². The van der Waals surface area contributed by atoms with Crippen LogP contribution in [0.25, 0.3) is 0 Å². The number of amides is 3. The molecule has 0 aromatic heterocycles.